The third kappa shape index (κ3) is 3.37. The van der Waals surface area contributed by atoms with Crippen LogP contribution in [0.5, 0.6) is 0 Å². The van der Waals surface area contributed by atoms with E-state index in [1.165, 1.54) is 0 Å². The number of carbonyl (C=O) groups excluding carboxylic acids is 1. The fraction of sp³-hybridized carbons (Fsp3) is 0.562. The van der Waals surface area contributed by atoms with E-state index in [0.29, 0.717) is 11.4 Å². The van der Waals surface area contributed by atoms with Crippen LogP contribution in [0.4, 0.5) is 0 Å². The number of likely N-dealkylation sites (N-methyl/N-ethyl adjacent to an activating group) is 1. The molecule has 106 valence electrons. The van der Waals surface area contributed by atoms with E-state index in [-0.39, 0.29) is 11.3 Å². The van der Waals surface area contributed by atoms with Crippen LogP contribution in [-0.4, -0.2) is 30.3 Å². The summed E-state index contributed by atoms with van der Waals surface area (Å²) in [5, 5.41) is 0.688. The number of hydrogen-bond donors (Lipinski definition) is 0. The fourth-order valence-corrected chi connectivity index (χ4v) is 2.96. The molecule has 1 rings (SSSR count). The van der Waals surface area contributed by atoms with Gasteiger partial charge in [0, 0.05) is 11.4 Å². The predicted octanol–water partition coefficient (Wildman–Crippen LogP) is 3.88. The lowest BCUT2D eigenvalue weighted by molar-refractivity contribution is -0.129. The number of Topliss-reactive ketones (excluding diaryl/α,β-unsaturated/α-hetero) is 1. The number of rotatable bonds is 6. The van der Waals surface area contributed by atoms with Crippen molar-refractivity contribution in [2.45, 2.75) is 45.6 Å². The Bertz CT molecular complexity index is 450. The molecule has 1 aromatic carbocycles. The Kier molecular flexibility index (Phi) is 5.57. The van der Waals surface area contributed by atoms with Gasteiger partial charge in [-0.05, 0) is 51.1 Å². The minimum absolute atomic E-state index is 0.244. The van der Waals surface area contributed by atoms with Gasteiger partial charge in [0.1, 0.15) is 0 Å². The molecule has 0 saturated heterocycles. The summed E-state index contributed by atoms with van der Waals surface area (Å²) in [4.78, 5) is 14.7. The Labute approximate surface area is 121 Å². The van der Waals surface area contributed by atoms with Crippen LogP contribution in [0.2, 0.25) is 5.02 Å². The van der Waals surface area contributed by atoms with Gasteiger partial charge in [0.05, 0.1) is 5.54 Å². The minimum atomic E-state index is -0.381. The monoisotopic (exact) mass is 281 g/mol. The van der Waals surface area contributed by atoms with Gasteiger partial charge >= 0.3 is 0 Å². The maximum Gasteiger partial charge on any atom is 0.157 e. The Morgan fingerprint density at radius 3 is 2.26 bits per heavy atom. The van der Waals surface area contributed by atoms with Crippen molar-refractivity contribution < 1.29 is 4.79 Å². The molecule has 0 spiro atoms. The number of benzene rings is 1. The fourth-order valence-electron chi connectivity index (χ4n) is 2.66. The zero-order valence-corrected chi connectivity index (χ0v) is 13.3. The van der Waals surface area contributed by atoms with Crippen molar-refractivity contribution in [2.24, 2.45) is 0 Å². The molecule has 0 radical (unpaired) electrons. The molecule has 0 atom stereocenters. The molecule has 2 nitrogen and oxygen atoms in total. The van der Waals surface area contributed by atoms with Gasteiger partial charge in [-0.15, -0.1) is 0 Å². The number of halogens is 1. The normalized spacial score (nSPS) is 11.9. The van der Waals surface area contributed by atoms with Crippen molar-refractivity contribution in [3.05, 3.63) is 34.3 Å². The Morgan fingerprint density at radius 2 is 1.84 bits per heavy atom. The first-order chi connectivity index (χ1) is 8.87. The average molecular weight is 282 g/mol. The second-order valence-electron chi connectivity index (χ2n) is 5.33. The summed E-state index contributed by atoms with van der Waals surface area (Å²) in [5.74, 6) is 0.244. The van der Waals surface area contributed by atoms with Crippen molar-refractivity contribution in [1.29, 1.82) is 0 Å². The number of nitrogens with zero attached hydrogens (tertiary/aromatic N) is 1. The third-order valence-electron chi connectivity index (χ3n) is 4.10. The quantitative estimate of drug-likeness (QED) is 0.789. The van der Waals surface area contributed by atoms with E-state index in [9.17, 15) is 4.79 Å². The van der Waals surface area contributed by atoms with Gasteiger partial charge in [-0.25, -0.2) is 0 Å². The van der Waals surface area contributed by atoms with Gasteiger partial charge in [-0.2, -0.15) is 0 Å². The largest absolute Gasteiger partial charge is 0.297 e. The van der Waals surface area contributed by atoms with Crippen LogP contribution in [0.15, 0.2) is 18.2 Å². The summed E-state index contributed by atoms with van der Waals surface area (Å²) in [6.45, 7) is 6.13. The number of aryl methyl sites for hydroxylation is 1. The summed E-state index contributed by atoms with van der Waals surface area (Å²) in [6, 6.07) is 5.88. The molecule has 0 fully saturated rings. The zero-order chi connectivity index (χ0) is 14.6. The molecule has 19 heavy (non-hydrogen) atoms. The van der Waals surface area contributed by atoms with Crippen LogP contribution >= 0.6 is 11.6 Å². The Hall–Kier alpha value is -0.860. The van der Waals surface area contributed by atoms with Gasteiger partial charge in [-0.3, -0.25) is 9.69 Å². The van der Waals surface area contributed by atoms with Crippen LogP contribution in [0.3, 0.4) is 0 Å². The van der Waals surface area contributed by atoms with E-state index in [0.717, 1.165) is 24.0 Å². The van der Waals surface area contributed by atoms with Gasteiger partial charge in [-0.1, -0.05) is 37.6 Å². The highest BCUT2D eigenvalue weighted by Crippen LogP contribution is 2.26. The molecule has 0 bridgehead atoms. The lowest BCUT2D eigenvalue weighted by Crippen LogP contribution is -2.51. The van der Waals surface area contributed by atoms with Crippen LogP contribution in [0.1, 0.15) is 37.8 Å². The van der Waals surface area contributed by atoms with Gasteiger partial charge in [0.25, 0.3) is 0 Å². The molecule has 0 heterocycles. The number of ketones is 1. The summed E-state index contributed by atoms with van der Waals surface area (Å²) in [6.07, 6.45) is 2.04. The maximum absolute atomic E-state index is 12.7. The van der Waals surface area contributed by atoms with E-state index in [2.05, 4.69) is 13.8 Å². The SMILES string of the molecule is CCC(CC)(C(=O)Cc1ccc(C)cc1Cl)N(C)C. The van der Waals surface area contributed by atoms with Crippen LogP contribution in [0.25, 0.3) is 0 Å². The second kappa shape index (κ2) is 6.53. The van der Waals surface area contributed by atoms with E-state index in [1.807, 2.05) is 44.1 Å². The zero-order valence-electron chi connectivity index (χ0n) is 12.6. The van der Waals surface area contributed by atoms with Crippen LogP contribution < -0.4 is 0 Å². The average Bonchev–Trinajstić information content (AvgIpc) is 2.34. The van der Waals surface area contributed by atoms with Gasteiger partial charge < -0.3 is 0 Å². The van der Waals surface area contributed by atoms with E-state index >= 15 is 0 Å². The predicted molar refractivity (Wildman–Crippen MR) is 81.9 cm³/mol. The van der Waals surface area contributed by atoms with E-state index < -0.39 is 0 Å². The summed E-state index contributed by atoms with van der Waals surface area (Å²) in [7, 11) is 3.95. The smallest absolute Gasteiger partial charge is 0.157 e. The second-order valence-corrected chi connectivity index (χ2v) is 5.74. The maximum atomic E-state index is 12.7. The first-order valence-electron chi connectivity index (χ1n) is 6.83. The standard InChI is InChI=1S/C16H24ClNO/c1-6-16(7-2,18(4)5)15(19)11-13-9-8-12(3)10-14(13)17/h8-10H,6-7,11H2,1-5H3. The highest BCUT2D eigenvalue weighted by atomic mass is 35.5. The highest BCUT2D eigenvalue weighted by molar-refractivity contribution is 6.31. The molecule has 0 saturated carbocycles. The molecular formula is C16H24ClNO. The molecule has 0 aliphatic rings. The topological polar surface area (TPSA) is 20.3 Å². The van der Waals surface area contributed by atoms with Crippen LogP contribution in [0, 0.1) is 6.92 Å². The van der Waals surface area contributed by atoms with Crippen molar-refractivity contribution in [2.75, 3.05) is 14.1 Å². The first kappa shape index (κ1) is 16.2. The number of hydrogen-bond acceptors (Lipinski definition) is 2. The molecule has 0 N–H and O–H groups in total. The van der Waals surface area contributed by atoms with E-state index in [4.69, 9.17) is 11.6 Å². The molecular weight excluding hydrogens is 258 g/mol. The molecule has 1 aromatic rings. The molecule has 0 aliphatic carbocycles. The van der Waals surface area contributed by atoms with Crippen LogP contribution in [-0.2, 0) is 11.2 Å². The van der Waals surface area contributed by atoms with E-state index in [1.54, 1.807) is 0 Å². The number of carbonyl (C=O) groups is 1. The Balaban J connectivity index is 3.00. The van der Waals surface area contributed by atoms with Gasteiger partial charge in [0.15, 0.2) is 5.78 Å². The molecule has 0 aromatic heterocycles. The highest BCUT2D eigenvalue weighted by Gasteiger charge is 2.36. The summed E-state index contributed by atoms with van der Waals surface area (Å²) >= 11 is 6.22. The lowest BCUT2D eigenvalue weighted by atomic mass is 9.83. The summed E-state index contributed by atoms with van der Waals surface area (Å²) < 4.78 is 0. The van der Waals surface area contributed by atoms with Gasteiger partial charge in [0.2, 0.25) is 0 Å². The molecule has 0 unspecified atom stereocenters. The van der Waals surface area contributed by atoms with Crippen molar-refractivity contribution in [3.8, 4) is 0 Å². The van der Waals surface area contributed by atoms with Crippen molar-refractivity contribution in [1.82, 2.24) is 4.90 Å². The van der Waals surface area contributed by atoms with Crippen molar-refractivity contribution >= 4 is 17.4 Å². The third-order valence-corrected chi connectivity index (χ3v) is 4.46. The molecule has 3 heteroatoms. The molecule has 0 aliphatic heterocycles. The summed E-state index contributed by atoms with van der Waals surface area (Å²) in [5.41, 5.74) is 1.66. The lowest BCUT2D eigenvalue weighted by Gasteiger charge is -2.37. The first-order valence-corrected chi connectivity index (χ1v) is 7.21. The Morgan fingerprint density at radius 1 is 1.26 bits per heavy atom. The molecule has 0 amide bonds. The van der Waals surface area contributed by atoms with Crippen molar-refractivity contribution in [3.63, 3.8) is 0 Å². The minimum Gasteiger partial charge on any atom is -0.297 e.